The zero-order chi connectivity index (χ0) is 26.8. The van der Waals surface area contributed by atoms with Crippen LogP contribution in [-0.4, -0.2) is 56.4 Å². The zero-order valence-electron chi connectivity index (χ0n) is 22.2. The number of pyridine rings is 1. The standard InChI is InChI=1S/C31H31N5O3/c1-3-38-31(37)39-26-13-15-35(16-14-26)20-22-9-11-24(12-10-22)29-27(23-7-5-4-6-8-23)18-25-19-32-28-17-21(2)34-36(28)30(25)33-29/h4-12,17-19,26H,3,13-16,20H2,1-2H3. The van der Waals surface area contributed by atoms with Gasteiger partial charge in [-0.15, -0.1) is 0 Å². The number of aryl methyl sites for hydroxylation is 1. The molecule has 8 heteroatoms. The molecule has 0 aliphatic carbocycles. The largest absolute Gasteiger partial charge is 0.508 e. The van der Waals surface area contributed by atoms with Gasteiger partial charge >= 0.3 is 6.16 Å². The number of fused-ring (bicyclic) bond motifs is 3. The first kappa shape index (κ1) is 25.0. The van der Waals surface area contributed by atoms with Crippen molar-refractivity contribution in [1.29, 1.82) is 0 Å². The van der Waals surface area contributed by atoms with Crippen LogP contribution in [0.5, 0.6) is 0 Å². The van der Waals surface area contributed by atoms with Gasteiger partial charge in [0.1, 0.15) is 6.10 Å². The molecule has 8 nitrogen and oxygen atoms in total. The summed E-state index contributed by atoms with van der Waals surface area (Å²) in [5.41, 5.74) is 7.86. The fraction of sp³-hybridized carbons (Fsp3) is 0.290. The van der Waals surface area contributed by atoms with E-state index in [-0.39, 0.29) is 6.10 Å². The van der Waals surface area contributed by atoms with Crippen molar-refractivity contribution in [2.24, 2.45) is 0 Å². The summed E-state index contributed by atoms with van der Waals surface area (Å²) in [5.74, 6) is 0. The molecular formula is C31H31N5O3. The number of ether oxygens (including phenoxy) is 2. The van der Waals surface area contributed by atoms with E-state index >= 15 is 0 Å². The van der Waals surface area contributed by atoms with Crippen LogP contribution in [0.15, 0.2) is 72.9 Å². The molecule has 0 amide bonds. The van der Waals surface area contributed by atoms with Gasteiger partial charge in [-0.3, -0.25) is 4.90 Å². The Morgan fingerprint density at radius 1 is 1.00 bits per heavy atom. The van der Waals surface area contributed by atoms with Crippen LogP contribution in [0.25, 0.3) is 39.1 Å². The second-order valence-corrected chi connectivity index (χ2v) is 9.95. The first-order valence-electron chi connectivity index (χ1n) is 13.4. The zero-order valence-corrected chi connectivity index (χ0v) is 22.2. The predicted octanol–water partition coefficient (Wildman–Crippen LogP) is 6.06. The van der Waals surface area contributed by atoms with Gasteiger partial charge in [0.15, 0.2) is 11.3 Å². The monoisotopic (exact) mass is 521 g/mol. The van der Waals surface area contributed by atoms with Crippen molar-refractivity contribution in [1.82, 2.24) is 24.5 Å². The highest BCUT2D eigenvalue weighted by atomic mass is 16.7. The number of carbonyl (C=O) groups excluding carboxylic acids is 1. The number of piperidine rings is 1. The molecule has 0 atom stereocenters. The smallest absolute Gasteiger partial charge is 0.435 e. The maximum atomic E-state index is 11.6. The molecule has 198 valence electrons. The highest BCUT2D eigenvalue weighted by Gasteiger charge is 2.23. The maximum Gasteiger partial charge on any atom is 0.508 e. The highest BCUT2D eigenvalue weighted by molar-refractivity contribution is 5.90. The van der Waals surface area contributed by atoms with E-state index < -0.39 is 6.16 Å². The van der Waals surface area contributed by atoms with E-state index in [1.165, 1.54) is 5.56 Å². The van der Waals surface area contributed by atoms with Crippen LogP contribution in [-0.2, 0) is 16.0 Å². The lowest BCUT2D eigenvalue weighted by Crippen LogP contribution is -2.37. The number of benzene rings is 2. The summed E-state index contributed by atoms with van der Waals surface area (Å²) >= 11 is 0. The van der Waals surface area contributed by atoms with Gasteiger partial charge in [0, 0.05) is 48.4 Å². The second-order valence-electron chi connectivity index (χ2n) is 9.95. The number of hydrogen-bond acceptors (Lipinski definition) is 7. The van der Waals surface area contributed by atoms with Gasteiger partial charge in [-0.2, -0.15) is 9.61 Å². The first-order valence-corrected chi connectivity index (χ1v) is 13.4. The molecule has 0 bridgehead atoms. The molecule has 0 spiro atoms. The van der Waals surface area contributed by atoms with Crippen LogP contribution in [0.4, 0.5) is 4.79 Å². The number of likely N-dealkylation sites (tertiary alicyclic amines) is 1. The van der Waals surface area contributed by atoms with Gasteiger partial charge < -0.3 is 9.47 Å². The summed E-state index contributed by atoms with van der Waals surface area (Å²) in [6, 6.07) is 23.1. The van der Waals surface area contributed by atoms with Crippen LogP contribution in [0, 0.1) is 6.92 Å². The van der Waals surface area contributed by atoms with E-state index in [9.17, 15) is 4.79 Å². The van der Waals surface area contributed by atoms with Crippen molar-refractivity contribution in [3.8, 4) is 22.4 Å². The van der Waals surface area contributed by atoms with Crippen LogP contribution in [0.2, 0.25) is 0 Å². The topological polar surface area (TPSA) is 81.9 Å². The highest BCUT2D eigenvalue weighted by Crippen LogP contribution is 2.33. The van der Waals surface area contributed by atoms with E-state index in [0.717, 1.165) is 77.2 Å². The first-order chi connectivity index (χ1) is 19.1. The summed E-state index contributed by atoms with van der Waals surface area (Å²) in [6.45, 7) is 6.69. The maximum absolute atomic E-state index is 11.6. The lowest BCUT2D eigenvalue weighted by atomic mass is 9.97. The Balaban J connectivity index is 1.26. The molecule has 1 saturated heterocycles. The van der Waals surface area contributed by atoms with Crippen molar-refractivity contribution in [3.05, 3.63) is 84.2 Å². The van der Waals surface area contributed by atoms with Crippen molar-refractivity contribution < 1.29 is 14.3 Å². The lowest BCUT2D eigenvalue weighted by molar-refractivity contribution is 0.000928. The average molecular weight is 522 g/mol. The fourth-order valence-electron chi connectivity index (χ4n) is 5.21. The van der Waals surface area contributed by atoms with E-state index in [4.69, 9.17) is 14.5 Å². The molecule has 4 heterocycles. The minimum absolute atomic E-state index is 0.0710. The number of nitrogens with zero attached hydrogens (tertiary/aromatic N) is 5. The summed E-state index contributed by atoms with van der Waals surface area (Å²) in [4.78, 5) is 23.7. The Morgan fingerprint density at radius 3 is 2.51 bits per heavy atom. The Morgan fingerprint density at radius 2 is 1.77 bits per heavy atom. The van der Waals surface area contributed by atoms with Gasteiger partial charge in [-0.25, -0.2) is 14.8 Å². The van der Waals surface area contributed by atoms with Gasteiger partial charge in [0.25, 0.3) is 0 Å². The molecule has 1 aliphatic heterocycles. The summed E-state index contributed by atoms with van der Waals surface area (Å²) in [5, 5.41) is 5.58. The predicted molar refractivity (Wildman–Crippen MR) is 150 cm³/mol. The van der Waals surface area contributed by atoms with E-state index in [1.54, 1.807) is 6.92 Å². The number of carbonyl (C=O) groups is 1. The molecular weight excluding hydrogens is 490 g/mol. The van der Waals surface area contributed by atoms with Gasteiger partial charge in [0.2, 0.25) is 0 Å². The summed E-state index contributed by atoms with van der Waals surface area (Å²) in [7, 11) is 0. The van der Waals surface area contributed by atoms with Gasteiger partial charge in [0.05, 0.1) is 18.0 Å². The molecule has 0 radical (unpaired) electrons. The van der Waals surface area contributed by atoms with Crippen LogP contribution in [0.3, 0.4) is 0 Å². The van der Waals surface area contributed by atoms with E-state index in [0.29, 0.717) is 6.61 Å². The quantitative estimate of drug-likeness (QED) is 0.251. The van der Waals surface area contributed by atoms with Crippen LogP contribution >= 0.6 is 0 Å². The van der Waals surface area contributed by atoms with Crippen LogP contribution < -0.4 is 0 Å². The second kappa shape index (κ2) is 10.8. The van der Waals surface area contributed by atoms with Crippen molar-refractivity contribution in [2.45, 2.75) is 39.3 Å². The number of rotatable bonds is 6. The molecule has 0 unspecified atom stereocenters. The van der Waals surface area contributed by atoms with Crippen molar-refractivity contribution >= 4 is 22.8 Å². The molecule has 6 rings (SSSR count). The molecule has 0 N–H and O–H groups in total. The van der Waals surface area contributed by atoms with Crippen LogP contribution in [0.1, 0.15) is 31.0 Å². The molecule has 0 saturated carbocycles. The Labute approximate surface area is 227 Å². The average Bonchev–Trinajstić information content (AvgIpc) is 3.35. The molecule has 1 fully saturated rings. The van der Waals surface area contributed by atoms with Gasteiger partial charge in [-0.1, -0.05) is 54.6 Å². The molecule has 2 aromatic carbocycles. The fourth-order valence-corrected chi connectivity index (χ4v) is 5.21. The van der Waals surface area contributed by atoms with Crippen molar-refractivity contribution in [3.63, 3.8) is 0 Å². The Hall–Kier alpha value is -4.30. The summed E-state index contributed by atoms with van der Waals surface area (Å²) < 4.78 is 12.1. The van der Waals surface area contributed by atoms with E-state index in [1.807, 2.05) is 41.9 Å². The molecule has 3 aromatic heterocycles. The molecule has 1 aliphatic rings. The third kappa shape index (κ3) is 5.33. The normalized spacial score (nSPS) is 14.6. The van der Waals surface area contributed by atoms with Crippen molar-refractivity contribution in [2.75, 3.05) is 19.7 Å². The number of aromatic nitrogens is 4. The Kier molecular flexibility index (Phi) is 6.94. The minimum Gasteiger partial charge on any atom is -0.435 e. The SMILES string of the molecule is CCOC(=O)OC1CCN(Cc2ccc(-c3nc4c(cnc5cc(C)nn54)cc3-c3ccccc3)cc2)CC1. The number of hydrogen-bond donors (Lipinski definition) is 0. The summed E-state index contributed by atoms with van der Waals surface area (Å²) in [6.07, 6.45) is 2.86. The molecule has 5 aromatic rings. The van der Waals surface area contributed by atoms with Gasteiger partial charge in [-0.05, 0) is 43.9 Å². The Bertz CT molecular complexity index is 1610. The molecule has 39 heavy (non-hydrogen) atoms. The van der Waals surface area contributed by atoms with E-state index in [2.05, 4.69) is 57.4 Å². The third-order valence-corrected chi connectivity index (χ3v) is 7.16. The minimum atomic E-state index is -0.566. The third-order valence-electron chi connectivity index (χ3n) is 7.16. The lowest BCUT2D eigenvalue weighted by Gasteiger charge is -2.31.